The van der Waals surface area contributed by atoms with E-state index in [0.29, 0.717) is 122 Å². The van der Waals surface area contributed by atoms with E-state index in [-0.39, 0.29) is 34.8 Å². The Kier molecular flexibility index (Phi) is 18.2. The highest BCUT2D eigenvalue weighted by atomic mass is 32.1. The number of ether oxygens (including phenoxy) is 2. The highest BCUT2D eigenvalue weighted by Crippen LogP contribution is 2.90. The Hall–Kier alpha value is -6.06. The van der Waals surface area contributed by atoms with Crippen molar-refractivity contribution in [1.29, 1.82) is 0 Å². The summed E-state index contributed by atoms with van der Waals surface area (Å²) >= 11 is 11.8. The number of amides is 2. The molecule has 1 aromatic heterocycles. The van der Waals surface area contributed by atoms with Crippen LogP contribution in [-0.2, 0) is 4.79 Å². The van der Waals surface area contributed by atoms with Gasteiger partial charge in [-0.3, -0.25) is 20.2 Å². The maximum atomic E-state index is 14.4. The van der Waals surface area contributed by atoms with E-state index in [4.69, 9.17) is 50.5 Å². The Bertz CT molecular complexity index is 3050. The molecule has 0 radical (unpaired) electrons. The topological polar surface area (TPSA) is 269 Å². The molecular weight excluding hydrogens is 1100 g/mol. The summed E-state index contributed by atoms with van der Waals surface area (Å²) in [4.78, 5) is 49.8. The lowest BCUT2D eigenvalue weighted by atomic mass is 9.14. The van der Waals surface area contributed by atoms with Crippen LogP contribution in [0.5, 0.6) is 11.5 Å². The quantitative estimate of drug-likeness (QED) is 0.0602. The Morgan fingerprint density at radius 2 is 1.39 bits per heavy atom. The van der Waals surface area contributed by atoms with Gasteiger partial charge in [-0.05, 0) is 178 Å². The number of aliphatic carboxylic acids is 1. The summed E-state index contributed by atoms with van der Waals surface area (Å²) in [5.41, 5.74) is 16.0. The number of nitrogens with two attached hydrogens (primary N) is 2. The fourth-order valence-corrected chi connectivity index (χ4v) is 14.9. The van der Waals surface area contributed by atoms with Crippen LogP contribution in [0.4, 0.5) is 11.4 Å². The minimum Gasteiger partial charge on any atom is -0.496 e. The van der Waals surface area contributed by atoms with Crippen LogP contribution in [0.25, 0.3) is 16.9 Å². The molecule has 2 saturated heterocycles. The zero-order valence-corrected chi connectivity index (χ0v) is 51.2. The van der Waals surface area contributed by atoms with Gasteiger partial charge in [-0.15, -0.1) is 0 Å². The summed E-state index contributed by atoms with van der Waals surface area (Å²) in [6.07, 6.45) is 4.50. The SMILES string of the molecule is COc1cccc(OC)c1-c1cc(C(=O)NC2(C(=O)O)C3CC4CC5CC2C453)nn1-c1ccc(C(=O)N(C)CCCN(C)CCCN(C)C(=S)Nc2ccc(NC(=S)N3CCNCC4(N)CNCNCC(N)(C3)NCCN4)cc2)cc1C(C)C. The monoisotopic (exact) mass is 1190 g/mol. The first-order chi connectivity index (χ1) is 40.2. The van der Waals surface area contributed by atoms with E-state index in [2.05, 4.69) is 73.2 Å². The number of aromatic nitrogens is 2. The van der Waals surface area contributed by atoms with Crippen LogP contribution in [0.3, 0.4) is 0 Å². The average molecular weight is 1190 g/mol. The molecule has 454 valence electrons. The van der Waals surface area contributed by atoms with E-state index in [1.165, 1.54) is 6.42 Å². The first kappa shape index (κ1) is 61.0. The van der Waals surface area contributed by atoms with Crippen LogP contribution in [-0.4, -0.2) is 200 Å². The van der Waals surface area contributed by atoms with Crippen molar-refractivity contribution in [3.63, 3.8) is 0 Å². The summed E-state index contributed by atoms with van der Waals surface area (Å²) in [6.45, 7) is 12.5. The van der Waals surface area contributed by atoms with Crippen LogP contribution < -0.4 is 63.5 Å². The van der Waals surface area contributed by atoms with Crippen molar-refractivity contribution >= 4 is 63.8 Å². The molecule has 24 heteroatoms. The molecule has 3 heterocycles. The number of carbonyl (C=O) groups is 3. The number of nitrogens with zero attached hydrogens (tertiary/aromatic N) is 6. The molecule has 6 atom stereocenters. The number of nitrogens with one attached hydrogen (secondary N) is 8. The number of anilines is 2. The highest BCUT2D eigenvalue weighted by Gasteiger charge is 2.92. The van der Waals surface area contributed by atoms with E-state index in [0.717, 1.165) is 62.3 Å². The molecule has 6 aliphatic rings. The maximum absolute atomic E-state index is 14.4. The lowest BCUT2D eigenvalue weighted by Crippen LogP contribution is -2.95. The lowest BCUT2D eigenvalue weighted by molar-refractivity contribution is -0.412. The van der Waals surface area contributed by atoms with Gasteiger partial charge in [0.15, 0.2) is 15.9 Å². The van der Waals surface area contributed by atoms with Crippen molar-refractivity contribution < 1.29 is 29.0 Å². The number of carboxylic acid groups (broad SMARTS) is 1. The van der Waals surface area contributed by atoms with Gasteiger partial charge < -0.3 is 77.5 Å². The summed E-state index contributed by atoms with van der Waals surface area (Å²) in [5, 5.41) is 44.0. The van der Waals surface area contributed by atoms with E-state index >= 15 is 0 Å². The number of fused-ring (bicyclic) bond motifs is 5. The van der Waals surface area contributed by atoms with Gasteiger partial charge in [-0.25, -0.2) is 9.48 Å². The lowest BCUT2D eigenvalue weighted by Gasteiger charge is -2.90. The zero-order valence-electron chi connectivity index (χ0n) is 49.6. The highest BCUT2D eigenvalue weighted by molar-refractivity contribution is 7.80. The van der Waals surface area contributed by atoms with Crippen molar-refractivity contribution in [3.05, 3.63) is 83.6 Å². The third-order valence-electron chi connectivity index (χ3n) is 18.9. The minimum absolute atomic E-state index is 0.0573. The molecule has 4 saturated carbocycles. The number of methoxy groups -OCH3 is 2. The van der Waals surface area contributed by atoms with Crippen molar-refractivity contribution in [3.8, 4) is 28.4 Å². The first-order valence-electron chi connectivity index (χ1n) is 29.6. The second kappa shape index (κ2) is 25.1. The van der Waals surface area contributed by atoms with E-state index < -0.39 is 28.7 Å². The molecular formula is C60H86N16O6S2. The second-order valence-corrected chi connectivity index (χ2v) is 25.3. The van der Waals surface area contributed by atoms with Gasteiger partial charge in [0.05, 0.1) is 49.0 Å². The number of benzene rings is 3. The fraction of sp³-hybridized carbons (Fsp3) is 0.567. The summed E-state index contributed by atoms with van der Waals surface area (Å²) < 4.78 is 13.4. The van der Waals surface area contributed by atoms with Gasteiger partial charge in [-0.1, -0.05) is 19.9 Å². The van der Waals surface area contributed by atoms with Crippen molar-refractivity contribution in [2.45, 2.75) is 68.7 Å². The molecule has 22 nitrogen and oxygen atoms in total. The number of thiocarbonyl (C=S) groups is 2. The Morgan fingerprint density at radius 3 is 2.01 bits per heavy atom. The van der Waals surface area contributed by atoms with Gasteiger partial charge in [0.25, 0.3) is 11.8 Å². The predicted molar refractivity (Wildman–Crippen MR) is 335 cm³/mol. The second-order valence-electron chi connectivity index (χ2n) is 24.5. The Morgan fingerprint density at radius 1 is 0.786 bits per heavy atom. The number of carbonyl (C=O) groups excluding carboxylic acids is 2. The van der Waals surface area contributed by atoms with Crippen LogP contribution in [0.15, 0.2) is 66.7 Å². The molecule has 6 fully saturated rings. The minimum atomic E-state index is -1.30. The number of hydrogen-bond donors (Lipinski definition) is 11. The number of hydrogen-bond acceptors (Lipinski definition) is 16. The third kappa shape index (κ3) is 11.8. The Labute approximate surface area is 504 Å². The Balaban J connectivity index is 0.707. The standard InChI is InChI=1S/C60H86N16O6S2/c1-37(2)43-27-38(13-18-45(43)76-46(51-47(81-6)11-8-12-48(51)82-7)31-44(71-76)52(77)70-60(54(79)80)49-29-39-28-40-30-50(60)59(39,40)49)53(78)73(4)24-9-22-72(3)23-10-25-74(5)55(83)68-41-14-16-42(17-15-41)69-56(84)75-26-21-63-32-57(61)33-64-36-65-34-58(62,35-75)67-20-19-66-57/h8,11-18,27,31,37,39-40,49-50,63-67H,9-10,19-26,28-30,32-36,61-62H2,1-7H3,(H,68,83)(H,69,84)(H,70,77)(H,79,80). The molecule has 4 aliphatic carbocycles. The van der Waals surface area contributed by atoms with Crippen LogP contribution >= 0.6 is 24.4 Å². The van der Waals surface area contributed by atoms with Gasteiger partial charge in [0.2, 0.25) is 0 Å². The molecule has 2 aliphatic heterocycles. The number of rotatable bonds is 19. The molecule has 10 rings (SSSR count). The van der Waals surface area contributed by atoms with Crippen LogP contribution in [0.1, 0.15) is 78.3 Å². The molecule has 2 bridgehead atoms. The van der Waals surface area contributed by atoms with Gasteiger partial charge in [-0.2, -0.15) is 5.10 Å². The first-order valence-corrected chi connectivity index (χ1v) is 30.4. The van der Waals surface area contributed by atoms with E-state index in [9.17, 15) is 19.5 Å². The van der Waals surface area contributed by atoms with E-state index in [1.54, 1.807) is 35.9 Å². The van der Waals surface area contributed by atoms with Gasteiger partial charge in [0.1, 0.15) is 17.0 Å². The fourth-order valence-electron chi connectivity index (χ4n) is 14.5. The maximum Gasteiger partial charge on any atom is 0.330 e. The summed E-state index contributed by atoms with van der Waals surface area (Å²) in [6, 6.07) is 20.6. The molecule has 13 N–H and O–H groups in total. The zero-order chi connectivity index (χ0) is 59.7. The average Bonchev–Trinajstić information content (AvgIpc) is 0.631. The molecule has 84 heavy (non-hydrogen) atoms. The molecule has 6 unspecified atom stereocenters. The van der Waals surface area contributed by atoms with Gasteiger partial charge in [0, 0.05) is 96.6 Å². The van der Waals surface area contributed by atoms with Crippen molar-refractivity contribution in [2.24, 2.45) is 40.6 Å². The predicted octanol–water partition coefficient (Wildman–Crippen LogP) is 3.26. The largest absolute Gasteiger partial charge is 0.496 e. The molecule has 2 amide bonds. The van der Waals surface area contributed by atoms with Crippen LogP contribution in [0.2, 0.25) is 0 Å². The van der Waals surface area contributed by atoms with Crippen molar-refractivity contribution in [1.82, 2.24) is 61.3 Å². The van der Waals surface area contributed by atoms with Crippen molar-refractivity contribution in [2.75, 3.05) is 131 Å². The molecule has 4 aromatic rings. The number of carboxylic acids is 1. The van der Waals surface area contributed by atoms with Gasteiger partial charge >= 0.3 is 5.97 Å². The summed E-state index contributed by atoms with van der Waals surface area (Å²) in [5.74, 6) is 0.386. The normalized spacial score (nSPS) is 27.0. The van der Waals surface area contributed by atoms with Crippen LogP contribution in [0, 0.1) is 29.1 Å². The molecule has 1 spiro atoms. The summed E-state index contributed by atoms with van der Waals surface area (Å²) in [7, 11) is 9.05. The smallest absolute Gasteiger partial charge is 0.330 e. The molecule has 3 aromatic carbocycles. The van der Waals surface area contributed by atoms with E-state index in [1.807, 2.05) is 73.6 Å². The third-order valence-corrected chi connectivity index (χ3v) is 19.6.